The van der Waals surface area contributed by atoms with Gasteiger partial charge in [-0.1, -0.05) is 54.6 Å². The number of benzene rings is 3. The highest BCUT2D eigenvalue weighted by Crippen LogP contribution is 2.31. The molecule has 0 radical (unpaired) electrons. The number of hydrogen-bond donors (Lipinski definition) is 1. The second-order valence-corrected chi connectivity index (χ2v) is 5.90. The minimum Gasteiger partial charge on any atom is -0.548 e. The van der Waals surface area contributed by atoms with Crippen molar-refractivity contribution in [3.05, 3.63) is 84.4 Å². The third kappa shape index (κ3) is 2.78. The van der Waals surface area contributed by atoms with Crippen LogP contribution >= 0.6 is 0 Å². The average Bonchev–Trinajstić information content (AvgIpc) is 2.65. The third-order valence-electron chi connectivity index (χ3n) is 4.32. The first kappa shape index (κ1) is 15.1. The highest BCUT2D eigenvalue weighted by atomic mass is 16.4. The van der Waals surface area contributed by atoms with Crippen LogP contribution in [0.3, 0.4) is 0 Å². The standard InChI is InChI=1S/C21H16N2O2/c24-21(25)19(14-8-2-1-3-9-14)23-20-15-10-4-6-12-17(15)22-18-13-7-5-11-16(18)20/h1-13,19H,(H,22,23)(H,24,25)/t19-/m0/s1. The molecule has 4 heteroatoms. The lowest BCUT2D eigenvalue weighted by atomic mass is 10.0. The lowest BCUT2D eigenvalue weighted by molar-refractivity contribution is -0.310. The van der Waals surface area contributed by atoms with Gasteiger partial charge in [-0.25, -0.2) is 4.98 Å². The van der Waals surface area contributed by atoms with Crippen LogP contribution < -0.4 is 15.4 Å². The molecule has 1 heterocycles. The Bertz CT molecular complexity index is 1010. The van der Waals surface area contributed by atoms with Gasteiger partial charge >= 0.3 is 0 Å². The molecule has 3 aromatic carbocycles. The van der Waals surface area contributed by atoms with Crippen molar-refractivity contribution in [3.8, 4) is 0 Å². The molecular formula is C21H16N2O2. The van der Waals surface area contributed by atoms with E-state index >= 15 is 0 Å². The molecule has 0 aliphatic carbocycles. The van der Waals surface area contributed by atoms with Gasteiger partial charge in [-0.3, -0.25) is 0 Å². The number of anilines is 1. The lowest BCUT2D eigenvalue weighted by Gasteiger charge is -2.22. The van der Waals surface area contributed by atoms with Crippen LogP contribution in [0.25, 0.3) is 21.8 Å². The molecule has 0 unspecified atom stereocenters. The van der Waals surface area contributed by atoms with Crippen LogP contribution in [0.1, 0.15) is 11.6 Å². The molecule has 4 aromatic rings. The number of carbonyl (C=O) groups is 1. The predicted octanol–water partition coefficient (Wildman–Crippen LogP) is 2.71. The number of H-pyrrole nitrogens is 1. The van der Waals surface area contributed by atoms with Gasteiger partial charge in [0.1, 0.15) is 0 Å². The summed E-state index contributed by atoms with van der Waals surface area (Å²) in [6, 6.07) is 23.8. The van der Waals surface area contributed by atoms with Gasteiger partial charge in [-0.05, 0) is 17.7 Å². The van der Waals surface area contributed by atoms with Gasteiger partial charge in [0.05, 0.1) is 28.5 Å². The molecule has 0 aliphatic rings. The van der Waals surface area contributed by atoms with E-state index in [2.05, 4.69) is 10.3 Å². The van der Waals surface area contributed by atoms with Crippen LogP contribution in [-0.4, -0.2) is 5.97 Å². The Labute approximate surface area is 144 Å². The van der Waals surface area contributed by atoms with Gasteiger partial charge in [0.2, 0.25) is 11.0 Å². The van der Waals surface area contributed by atoms with Crippen molar-refractivity contribution >= 4 is 33.5 Å². The highest BCUT2D eigenvalue weighted by molar-refractivity contribution is 6.05. The molecule has 0 saturated heterocycles. The second-order valence-electron chi connectivity index (χ2n) is 5.90. The number of aliphatic carboxylic acids is 1. The smallest absolute Gasteiger partial charge is 0.213 e. The predicted molar refractivity (Wildman–Crippen MR) is 95.8 cm³/mol. The summed E-state index contributed by atoms with van der Waals surface area (Å²) in [5.74, 6) is -1.16. The van der Waals surface area contributed by atoms with E-state index in [0.29, 0.717) is 5.56 Å². The van der Waals surface area contributed by atoms with Gasteiger partial charge < -0.3 is 15.2 Å². The Balaban J connectivity index is 1.93. The summed E-state index contributed by atoms with van der Waals surface area (Å²) < 4.78 is 0. The van der Waals surface area contributed by atoms with Crippen LogP contribution in [0.5, 0.6) is 0 Å². The molecule has 4 nitrogen and oxygen atoms in total. The normalized spacial score (nSPS) is 12.2. The van der Waals surface area contributed by atoms with Crippen molar-refractivity contribution < 1.29 is 14.9 Å². The van der Waals surface area contributed by atoms with Gasteiger partial charge in [0, 0.05) is 12.1 Å². The minimum absolute atomic E-state index is 0.656. The molecule has 0 fully saturated rings. The van der Waals surface area contributed by atoms with Crippen LogP contribution in [0.15, 0.2) is 78.9 Å². The Kier molecular flexibility index (Phi) is 3.78. The molecule has 0 saturated carbocycles. The van der Waals surface area contributed by atoms with Gasteiger partial charge in [-0.15, -0.1) is 0 Å². The molecule has 0 bridgehead atoms. The summed E-state index contributed by atoms with van der Waals surface area (Å²) >= 11 is 0. The van der Waals surface area contributed by atoms with E-state index in [0.717, 1.165) is 27.5 Å². The molecule has 1 atom stereocenters. The van der Waals surface area contributed by atoms with E-state index < -0.39 is 12.0 Å². The van der Waals surface area contributed by atoms with E-state index in [1.54, 1.807) is 12.1 Å². The summed E-state index contributed by atoms with van der Waals surface area (Å²) in [4.78, 5) is 15.2. The molecule has 25 heavy (non-hydrogen) atoms. The van der Waals surface area contributed by atoms with E-state index in [1.807, 2.05) is 66.7 Å². The summed E-state index contributed by atoms with van der Waals surface area (Å²) in [6.45, 7) is 0. The largest absolute Gasteiger partial charge is 0.548 e. The summed E-state index contributed by atoms with van der Waals surface area (Å²) in [7, 11) is 0. The summed E-state index contributed by atoms with van der Waals surface area (Å²) in [5.41, 5.74) is 3.31. The maximum absolute atomic E-state index is 11.8. The van der Waals surface area contributed by atoms with E-state index in [9.17, 15) is 9.90 Å². The van der Waals surface area contributed by atoms with Gasteiger partial charge in [-0.2, -0.15) is 0 Å². The molecule has 0 spiro atoms. The fourth-order valence-electron chi connectivity index (χ4n) is 3.13. The number of carboxylic acids is 1. The molecule has 1 aromatic heterocycles. The number of hydrogen-bond acceptors (Lipinski definition) is 3. The topological polar surface area (TPSA) is 66.3 Å². The Morgan fingerprint density at radius 1 is 0.800 bits per heavy atom. The molecular weight excluding hydrogens is 312 g/mol. The fraction of sp³-hybridized carbons (Fsp3) is 0.0476. The zero-order valence-corrected chi connectivity index (χ0v) is 13.4. The van der Waals surface area contributed by atoms with Crippen LogP contribution in [0.2, 0.25) is 0 Å². The molecule has 0 aliphatic heterocycles. The first-order valence-corrected chi connectivity index (χ1v) is 8.09. The van der Waals surface area contributed by atoms with Crippen molar-refractivity contribution in [3.63, 3.8) is 0 Å². The maximum Gasteiger partial charge on any atom is 0.213 e. The molecule has 4 rings (SSSR count). The monoisotopic (exact) mass is 328 g/mol. The number of carboxylic acid groups (broad SMARTS) is 1. The number of rotatable bonds is 4. The van der Waals surface area contributed by atoms with Gasteiger partial charge in [0.25, 0.3) is 0 Å². The zero-order chi connectivity index (χ0) is 17.2. The fourth-order valence-corrected chi connectivity index (χ4v) is 3.13. The maximum atomic E-state index is 11.8. The van der Waals surface area contributed by atoms with Crippen molar-refractivity contribution in [1.82, 2.24) is 0 Å². The minimum atomic E-state index is -1.16. The quantitative estimate of drug-likeness (QED) is 0.586. The van der Waals surface area contributed by atoms with Crippen LogP contribution in [-0.2, 0) is 4.79 Å². The van der Waals surface area contributed by atoms with E-state index in [4.69, 9.17) is 0 Å². The highest BCUT2D eigenvalue weighted by Gasteiger charge is 2.18. The number of nitrogens with one attached hydrogen (secondary N) is 2. The molecule has 122 valence electrons. The lowest BCUT2D eigenvalue weighted by Crippen LogP contribution is -2.34. The van der Waals surface area contributed by atoms with E-state index in [-0.39, 0.29) is 0 Å². The van der Waals surface area contributed by atoms with Crippen molar-refractivity contribution in [2.45, 2.75) is 6.04 Å². The average molecular weight is 328 g/mol. The number of aromatic amines is 1. The van der Waals surface area contributed by atoms with Crippen molar-refractivity contribution in [2.24, 2.45) is 0 Å². The molecule has 0 amide bonds. The SMILES string of the molecule is O=C([O-])[C@@H](Nc1c2ccccc2[nH+]c2ccccc12)c1ccccc1. The number of carbonyl (C=O) groups excluding carboxylic acids is 1. The summed E-state index contributed by atoms with van der Waals surface area (Å²) in [5, 5.41) is 16.9. The Hall–Kier alpha value is -3.40. The Morgan fingerprint density at radius 3 is 1.88 bits per heavy atom. The van der Waals surface area contributed by atoms with Crippen LogP contribution in [0.4, 0.5) is 5.69 Å². The molecule has 2 N–H and O–H groups in total. The third-order valence-corrected chi connectivity index (χ3v) is 4.32. The number of pyridine rings is 1. The number of aromatic nitrogens is 1. The Morgan fingerprint density at radius 2 is 1.32 bits per heavy atom. The van der Waals surface area contributed by atoms with Crippen LogP contribution in [0, 0.1) is 0 Å². The van der Waals surface area contributed by atoms with Gasteiger partial charge in [0.15, 0.2) is 0 Å². The van der Waals surface area contributed by atoms with Crippen molar-refractivity contribution in [2.75, 3.05) is 5.32 Å². The number of para-hydroxylation sites is 2. The first-order chi connectivity index (χ1) is 12.2. The van der Waals surface area contributed by atoms with Crippen molar-refractivity contribution in [1.29, 1.82) is 0 Å². The van der Waals surface area contributed by atoms with E-state index in [1.165, 1.54) is 0 Å². The first-order valence-electron chi connectivity index (χ1n) is 8.09. The number of fused-ring (bicyclic) bond motifs is 2. The zero-order valence-electron chi connectivity index (χ0n) is 13.4. The summed E-state index contributed by atoms with van der Waals surface area (Å²) in [6.07, 6.45) is 0. The second kappa shape index (κ2) is 6.24.